The second-order valence-electron chi connectivity index (χ2n) is 4.26. The summed E-state index contributed by atoms with van der Waals surface area (Å²) < 4.78 is 51.0. The van der Waals surface area contributed by atoms with Crippen LogP contribution in [0.1, 0.15) is 6.92 Å². The Balaban J connectivity index is 2.14. The van der Waals surface area contributed by atoms with Gasteiger partial charge in [-0.2, -0.15) is 0 Å². The molecule has 0 radical (unpaired) electrons. The number of alkyl halides is 3. The Bertz CT molecular complexity index is 627. The van der Waals surface area contributed by atoms with Gasteiger partial charge in [-0.25, -0.2) is 0 Å². The van der Waals surface area contributed by atoms with Crippen LogP contribution in [-0.4, -0.2) is 13.0 Å². The lowest BCUT2D eigenvalue weighted by atomic mass is 10.2. The maximum Gasteiger partial charge on any atom is 0.573 e. The number of halogens is 3. The van der Waals surface area contributed by atoms with E-state index in [1.165, 1.54) is 24.3 Å². The fraction of sp³-hybridized carbons (Fsp3) is 0.200. The summed E-state index contributed by atoms with van der Waals surface area (Å²) in [5.41, 5.74) is 6.19. The maximum atomic E-state index is 12.1. The zero-order valence-corrected chi connectivity index (χ0v) is 11.7. The van der Waals surface area contributed by atoms with E-state index in [0.717, 1.165) is 0 Å². The van der Waals surface area contributed by atoms with Crippen molar-refractivity contribution in [3.05, 3.63) is 42.5 Å². The van der Waals surface area contributed by atoms with Gasteiger partial charge in [0.05, 0.1) is 6.61 Å². The van der Waals surface area contributed by atoms with E-state index in [9.17, 15) is 13.2 Å². The quantitative estimate of drug-likeness (QED) is 0.833. The molecule has 0 aliphatic carbocycles. The summed E-state index contributed by atoms with van der Waals surface area (Å²) in [5.74, 6) is 0.904. The van der Waals surface area contributed by atoms with Gasteiger partial charge in [0.1, 0.15) is 11.5 Å². The highest BCUT2D eigenvalue weighted by molar-refractivity contribution is 5.53. The number of ether oxygens (including phenoxy) is 3. The summed E-state index contributed by atoms with van der Waals surface area (Å²) in [6.07, 6.45) is -4.72. The van der Waals surface area contributed by atoms with Crippen molar-refractivity contribution in [2.75, 3.05) is 12.3 Å². The number of hydrogen-bond donors (Lipinski definition) is 1. The minimum absolute atomic E-state index is 0.317. The molecule has 22 heavy (non-hydrogen) atoms. The van der Waals surface area contributed by atoms with Crippen molar-refractivity contribution < 1.29 is 27.4 Å². The van der Waals surface area contributed by atoms with E-state index in [0.29, 0.717) is 29.5 Å². The lowest BCUT2D eigenvalue weighted by Gasteiger charge is -2.13. The fourth-order valence-electron chi connectivity index (χ4n) is 1.71. The molecule has 0 saturated heterocycles. The first-order valence-corrected chi connectivity index (χ1v) is 6.43. The Morgan fingerprint density at radius 2 is 1.59 bits per heavy atom. The highest BCUT2D eigenvalue weighted by Crippen LogP contribution is 2.34. The largest absolute Gasteiger partial charge is 0.573 e. The van der Waals surface area contributed by atoms with Crippen LogP contribution < -0.4 is 19.9 Å². The smallest absolute Gasteiger partial charge is 0.490 e. The van der Waals surface area contributed by atoms with E-state index >= 15 is 0 Å². The molecule has 2 aromatic carbocycles. The minimum Gasteiger partial charge on any atom is -0.490 e. The number of rotatable bonds is 5. The number of nitrogen functional groups attached to an aromatic ring is 1. The Morgan fingerprint density at radius 3 is 2.18 bits per heavy atom. The molecule has 0 aromatic heterocycles. The summed E-state index contributed by atoms with van der Waals surface area (Å²) in [6, 6.07) is 9.95. The first-order chi connectivity index (χ1) is 10.4. The molecule has 0 saturated carbocycles. The zero-order chi connectivity index (χ0) is 16.2. The van der Waals surface area contributed by atoms with Crippen LogP contribution in [0.5, 0.6) is 23.0 Å². The molecule has 0 bridgehead atoms. The first kappa shape index (κ1) is 15.8. The summed E-state index contributed by atoms with van der Waals surface area (Å²) in [4.78, 5) is 0. The Hall–Kier alpha value is -2.57. The van der Waals surface area contributed by atoms with Crippen LogP contribution in [0.2, 0.25) is 0 Å². The van der Waals surface area contributed by atoms with Crippen molar-refractivity contribution in [2.45, 2.75) is 13.3 Å². The van der Waals surface area contributed by atoms with Crippen LogP contribution >= 0.6 is 0 Å². The standard InChI is InChI=1S/C15H14F3NO3/c1-2-20-14-9-10(19)3-8-13(14)21-11-4-6-12(7-5-11)22-15(16,17)18/h3-9H,2,19H2,1H3. The second-order valence-corrected chi connectivity index (χ2v) is 4.26. The van der Waals surface area contributed by atoms with Crippen LogP contribution in [-0.2, 0) is 0 Å². The molecule has 118 valence electrons. The highest BCUT2D eigenvalue weighted by Gasteiger charge is 2.30. The summed E-state index contributed by atoms with van der Waals surface area (Å²) in [7, 11) is 0. The average molecular weight is 313 g/mol. The van der Waals surface area contributed by atoms with E-state index in [2.05, 4.69) is 4.74 Å². The lowest BCUT2D eigenvalue weighted by Crippen LogP contribution is -2.16. The Labute approximate surface area is 125 Å². The van der Waals surface area contributed by atoms with Crippen molar-refractivity contribution >= 4 is 5.69 Å². The molecule has 0 atom stereocenters. The molecule has 0 aliphatic rings. The highest BCUT2D eigenvalue weighted by atomic mass is 19.4. The molecule has 7 heteroatoms. The molecule has 2 rings (SSSR count). The SMILES string of the molecule is CCOc1cc(N)ccc1Oc1ccc(OC(F)(F)F)cc1. The van der Waals surface area contributed by atoms with Gasteiger partial charge in [0.2, 0.25) is 0 Å². The minimum atomic E-state index is -4.72. The predicted octanol–water partition coefficient (Wildman–Crippen LogP) is 4.36. The van der Waals surface area contributed by atoms with Crippen molar-refractivity contribution in [2.24, 2.45) is 0 Å². The third-order valence-corrected chi connectivity index (χ3v) is 2.55. The van der Waals surface area contributed by atoms with Crippen LogP contribution in [0.4, 0.5) is 18.9 Å². The summed E-state index contributed by atoms with van der Waals surface area (Å²) in [6.45, 7) is 2.24. The van der Waals surface area contributed by atoms with Gasteiger partial charge in [-0.15, -0.1) is 13.2 Å². The van der Waals surface area contributed by atoms with Crippen LogP contribution in [0.3, 0.4) is 0 Å². The summed E-state index contributed by atoms with van der Waals surface area (Å²) >= 11 is 0. The Kier molecular flexibility index (Phi) is 4.65. The molecule has 0 aliphatic heterocycles. The van der Waals surface area contributed by atoms with Gasteiger partial charge in [-0.3, -0.25) is 0 Å². The molecular weight excluding hydrogens is 299 g/mol. The first-order valence-electron chi connectivity index (χ1n) is 6.43. The molecule has 0 fully saturated rings. The summed E-state index contributed by atoms with van der Waals surface area (Å²) in [5, 5.41) is 0. The van der Waals surface area contributed by atoms with Crippen LogP contribution in [0.15, 0.2) is 42.5 Å². The average Bonchev–Trinajstić information content (AvgIpc) is 2.42. The molecule has 2 N–H and O–H groups in total. The van der Waals surface area contributed by atoms with Gasteiger partial charge in [0.15, 0.2) is 11.5 Å². The van der Waals surface area contributed by atoms with Crippen molar-refractivity contribution in [3.63, 3.8) is 0 Å². The van der Waals surface area contributed by atoms with E-state index in [1.54, 1.807) is 18.2 Å². The zero-order valence-electron chi connectivity index (χ0n) is 11.7. The number of benzene rings is 2. The second kappa shape index (κ2) is 6.46. The molecule has 0 amide bonds. The van der Waals surface area contributed by atoms with Crippen molar-refractivity contribution in [3.8, 4) is 23.0 Å². The number of anilines is 1. The van der Waals surface area contributed by atoms with E-state index in [1.807, 2.05) is 6.92 Å². The van der Waals surface area contributed by atoms with Crippen molar-refractivity contribution in [1.82, 2.24) is 0 Å². The van der Waals surface area contributed by atoms with Crippen LogP contribution in [0.25, 0.3) is 0 Å². The third kappa shape index (κ3) is 4.47. The molecular formula is C15H14F3NO3. The molecule has 0 heterocycles. The maximum absolute atomic E-state index is 12.1. The normalized spacial score (nSPS) is 11.1. The fourth-order valence-corrected chi connectivity index (χ4v) is 1.71. The topological polar surface area (TPSA) is 53.7 Å². The lowest BCUT2D eigenvalue weighted by molar-refractivity contribution is -0.274. The monoisotopic (exact) mass is 313 g/mol. The van der Waals surface area contributed by atoms with Gasteiger partial charge in [0, 0.05) is 11.8 Å². The van der Waals surface area contributed by atoms with Gasteiger partial charge in [-0.05, 0) is 43.3 Å². The van der Waals surface area contributed by atoms with Gasteiger partial charge in [0.25, 0.3) is 0 Å². The number of nitrogens with two attached hydrogens (primary N) is 1. The van der Waals surface area contributed by atoms with Gasteiger partial charge >= 0.3 is 6.36 Å². The van der Waals surface area contributed by atoms with Crippen LogP contribution in [0, 0.1) is 0 Å². The predicted molar refractivity (Wildman–Crippen MR) is 75.2 cm³/mol. The Morgan fingerprint density at radius 1 is 0.955 bits per heavy atom. The van der Waals surface area contributed by atoms with Crippen molar-refractivity contribution in [1.29, 1.82) is 0 Å². The molecule has 0 spiro atoms. The van der Waals surface area contributed by atoms with Gasteiger partial charge in [-0.1, -0.05) is 0 Å². The third-order valence-electron chi connectivity index (χ3n) is 2.55. The van der Waals surface area contributed by atoms with E-state index < -0.39 is 6.36 Å². The molecule has 0 unspecified atom stereocenters. The molecule has 4 nitrogen and oxygen atoms in total. The molecule has 2 aromatic rings. The van der Waals surface area contributed by atoms with E-state index in [4.69, 9.17) is 15.2 Å². The van der Waals surface area contributed by atoms with Gasteiger partial charge < -0.3 is 19.9 Å². The van der Waals surface area contributed by atoms with E-state index in [-0.39, 0.29) is 5.75 Å². The number of hydrogen-bond acceptors (Lipinski definition) is 4.